The average molecular weight is 399 g/mol. The normalized spacial score (nSPS) is 11.9. The highest BCUT2D eigenvalue weighted by Gasteiger charge is 2.20. The standard InChI is InChI=1S/C22H20Cl2N2O/c1-3-21(17-11-18(23)13-19(24)12-17)22(27)26-20-6-4-15(5-7-20)16-8-9-25-14(2)10-16/h4-13,21H,3H2,1-2H3,(H,26,27)/t21-/m1/s1. The summed E-state index contributed by atoms with van der Waals surface area (Å²) in [5, 5.41) is 4.04. The van der Waals surface area contributed by atoms with Gasteiger partial charge in [-0.3, -0.25) is 9.78 Å². The summed E-state index contributed by atoms with van der Waals surface area (Å²) in [5.74, 6) is -0.396. The van der Waals surface area contributed by atoms with Crippen molar-refractivity contribution in [3.05, 3.63) is 82.1 Å². The van der Waals surface area contributed by atoms with Crippen molar-refractivity contribution in [1.29, 1.82) is 0 Å². The Labute approximate surface area is 169 Å². The number of pyridine rings is 1. The summed E-state index contributed by atoms with van der Waals surface area (Å²) in [6.45, 7) is 3.93. The van der Waals surface area contributed by atoms with Crippen LogP contribution in [0.3, 0.4) is 0 Å². The Balaban J connectivity index is 1.76. The van der Waals surface area contributed by atoms with Crippen molar-refractivity contribution in [3.8, 4) is 11.1 Å². The Morgan fingerprint density at radius 3 is 2.26 bits per heavy atom. The molecule has 0 aliphatic rings. The van der Waals surface area contributed by atoms with Crippen LogP contribution < -0.4 is 5.32 Å². The van der Waals surface area contributed by atoms with Gasteiger partial charge in [0.05, 0.1) is 5.92 Å². The third-order valence-corrected chi connectivity index (χ3v) is 4.83. The van der Waals surface area contributed by atoms with Crippen LogP contribution in [0.5, 0.6) is 0 Å². The van der Waals surface area contributed by atoms with Crippen LogP contribution in [0, 0.1) is 6.92 Å². The van der Waals surface area contributed by atoms with E-state index in [4.69, 9.17) is 23.2 Å². The van der Waals surface area contributed by atoms with E-state index < -0.39 is 0 Å². The number of carbonyl (C=O) groups excluding carboxylic acids is 1. The molecule has 138 valence electrons. The van der Waals surface area contributed by atoms with E-state index in [9.17, 15) is 4.79 Å². The van der Waals surface area contributed by atoms with Gasteiger partial charge in [0.1, 0.15) is 0 Å². The molecule has 0 bridgehead atoms. The highest BCUT2D eigenvalue weighted by Crippen LogP contribution is 2.28. The molecule has 1 aromatic heterocycles. The second kappa shape index (κ2) is 8.55. The summed E-state index contributed by atoms with van der Waals surface area (Å²) < 4.78 is 0. The molecule has 1 heterocycles. The lowest BCUT2D eigenvalue weighted by molar-refractivity contribution is -0.117. The van der Waals surface area contributed by atoms with Crippen molar-refractivity contribution in [2.45, 2.75) is 26.2 Å². The van der Waals surface area contributed by atoms with Crippen LogP contribution in [0.2, 0.25) is 10.0 Å². The second-order valence-electron chi connectivity index (χ2n) is 6.42. The van der Waals surface area contributed by atoms with Crippen molar-refractivity contribution in [1.82, 2.24) is 4.98 Å². The Kier molecular flexibility index (Phi) is 6.15. The lowest BCUT2D eigenvalue weighted by atomic mass is 9.95. The number of benzene rings is 2. The zero-order valence-corrected chi connectivity index (χ0v) is 16.7. The quantitative estimate of drug-likeness (QED) is 0.532. The number of nitrogens with one attached hydrogen (secondary N) is 1. The molecule has 3 nitrogen and oxygen atoms in total. The number of aromatic nitrogens is 1. The van der Waals surface area contributed by atoms with Crippen molar-refractivity contribution >= 4 is 34.8 Å². The van der Waals surface area contributed by atoms with Crippen molar-refractivity contribution < 1.29 is 4.79 Å². The van der Waals surface area contributed by atoms with Crippen LogP contribution in [0.4, 0.5) is 5.69 Å². The maximum atomic E-state index is 12.8. The van der Waals surface area contributed by atoms with Gasteiger partial charge in [-0.2, -0.15) is 0 Å². The first-order valence-corrected chi connectivity index (χ1v) is 9.52. The number of amides is 1. The van der Waals surface area contributed by atoms with E-state index in [1.807, 2.05) is 50.2 Å². The molecule has 0 aliphatic carbocycles. The summed E-state index contributed by atoms with van der Waals surface area (Å²) in [7, 11) is 0. The zero-order valence-electron chi connectivity index (χ0n) is 15.2. The molecule has 1 atom stereocenters. The fourth-order valence-corrected chi connectivity index (χ4v) is 3.59. The molecule has 0 spiro atoms. The summed E-state index contributed by atoms with van der Waals surface area (Å²) in [6.07, 6.45) is 2.44. The first-order chi connectivity index (χ1) is 13.0. The van der Waals surface area contributed by atoms with Crippen LogP contribution >= 0.6 is 23.2 Å². The van der Waals surface area contributed by atoms with Gasteiger partial charge in [0.2, 0.25) is 5.91 Å². The molecule has 0 saturated carbocycles. The SMILES string of the molecule is CC[C@@H](C(=O)Nc1ccc(-c2ccnc(C)c2)cc1)c1cc(Cl)cc(Cl)c1. The van der Waals surface area contributed by atoms with Crippen LogP contribution in [0.15, 0.2) is 60.8 Å². The average Bonchev–Trinajstić information content (AvgIpc) is 2.62. The maximum absolute atomic E-state index is 12.8. The van der Waals surface area contributed by atoms with Crippen molar-refractivity contribution in [2.24, 2.45) is 0 Å². The number of rotatable bonds is 5. The van der Waals surface area contributed by atoms with E-state index in [1.54, 1.807) is 24.4 Å². The predicted octanol–water partition coefficient (Wildman–Crippen LogP) is 6.50. The van der Waals surface area contributed by atoms with Crippen LogP contribution in [0.25, 0.3) is 11.1 Å². The number of hydrogen-bond acceptors (Lipinski definition) is 2. The fourth-order valence-electron chi connectivity index (χ4n) is 3.05. The Morgan fingerprint density at radius 2 is 1.67 bits per heavy atom. The summed E-state index contributed by atoms with van der Waals surface area (Å²) in [4.78, 5) is 17.0. The minimum absolute atomic E-state index is 0.0802. The van der Waals surface area contributed by atoms with Gasteiger partial charge in [0, 0.05) is 27.6 Å². The van der Waals surface area contributed by atoms with Crippen LogP contribution in [-0.2, 0) is 4.79 Å². The first-order valence-electron chi connectivity index (χ1n) is 8.76. The number of anilines is 1. The van der Waals surface area contributed by atoms with Gasteiger partial charge in [0.15, 0.2) is 0 Å². The Hall–Kier alpha value is -2.36. The molecule has 0 saturated heterocycles. The van der Waals surface area contributed by atoms with Crippen molar-refractivity contribution in [3.63, 3.8) is 0 Å². The molecule has 0 aliphatic heterocycles. The molecule has 27 heavy (non-hydrogen) atoms. The third kappa shape index (κ3) is 4.88. The smallest absolute Gasteiger partial charge is 0.231 e. The van der Waals surface area contributed by atoms with Gasteiger partial charge in [0.25, 0.3) is 0 Å². The van der Waals surface area contributed by atoms with E-state index in [2.05, 4.69) is 10.3 Å². The van der Waals surface area contributed by atoms with Gasteiger partial charge in [-0.25, -0.2) is 0 Å². The fraction of sp³-hybridized carbons (Fsp3) is 0.182. The maximum Gasteiger partial charge on any atom is 0.231 e. The molecule has 3 rings (SSSR count). The molecule has 0 radical (unpaired) electrons. The van der Waals surface area contributed by atoms with E-state index in [-0.39, 0.29) is 11.8 Å². The molecular weight excluding hydrogens is 379 g/mol. The highest BCUT2D eigenvalue weighted by molar-refractivity contribution is 6.34. The second-order valence-corrected chi connectivity index (χ2v) is 7.29. The van der Waals surface area contributed by atoms with Crippen LogP contribution in [-0.4, -0.2) is 10.9 Å². The van der Waals surface area contributed by atoms with Gasteiger partial charge >= 0.3 is 0 Å². The third-order valence-electron chi connectivity index (χ3n) is 4.39. The molecule has 2 aromatic carbocycles. The number of halogens is 2. The van der Waals surface area contributed by atoms with Crippen molar-refractivity contribution in [2.75, 3.05) is 5.32 Å². The van der Waals surface area contributed by atoms with Gasteiger partial charge in [-0.1, -0.05) is 42.3 Å². The molecule has 1 N–H and O–H groups in total. The summed E-state index contributed by atoms with van der Waals surface area (Å²) >= 11 is 12.2. The van der Waals surface area contributed by atoms with Gasteiger partial charge in [-0.05, 0) is 72.5 Å². The highest BCUT2D eigenvalue weighted by atomic mass is 35.5. The minimum Gasteiger partial charge on any atom is -0.326 e. The molecule has 0 fully saturated rings. The first kappa shape index (κ1) is 19.4. The van der Waals surface area contributed by atoms with E-state index >= 15 is 0 Å². The summed E-state index contributed by atoms with van der Waals surface area (Å²) in [5.41, 5.74) is 4.71. The van der Waals surface area contributed by atoms with E-state index in [0.29, 0.717) is 16.5 Å². The minimum atomic E-state index is -0.316. The monoisotopic (exact) mass is 398 g/mol. The molecule has 1 amide bonds. The Bertz CT molecular complexity index is 935. The largest absolute Gasteiger partial charge is 0.326 e. The number of hydrogen-bond donors (Lipinski definition) is 1. The Morgan fingerprint density at radius 1 is 1.00 bits per heavy atom. The molecular formula is C22H20Cl2N2O. The van der Waals surface area contributed by atoms with E-state index in [1.165, 1.54) is 0 Å². The predicted molar refractivity (Wildman–Crippen MR) is 113 cm³/mol. The lowest BCUT2D eigenvalue weighted by Gasteiger charge is -2.16. The van der Waals surface area contributed by atoms with E-state index in [0.717, 1.165) is 28.1 Å². The lowest BCUT2D eigenvalue weighted by Crippen LogP contribution is -2.20. The number of aryl methyl sites for hydroxylation is 1. The molecule has 3 aromatic rings. The van der Waals surface area contributed by atoms with Gasteiger partial charge < -0.3 is 5.32 Å². The van der Waals surface area contributed by atoms with Crippen LogP contribution in [0.1, 0.15) is 30.5 Å². The molecule has 0 unspecified atom stereocenters. The van der Waals surface area contributed by atoms with Gasteiger partial charge in [-0.15, -0.1) is 0 Å². The number of nitrogens with zero attached hydrogens (tertiary/aromatic N) is 1. The zero-order chi connectivity index (χ0) is 19.4. The molecule has 5 heteroatoms. The topological polar surface area (TPSA) is 42.0 Å². The number of carbonyl (C=O) groups is 1. The summed E-state index contributed by atoms with van der Waals surface area (Å²) in [6, 6.07) is 17.0.